The van der Waals surface area contributed by atoms with Crippen LogP contribution in [0.4, 0.5) is 4.39 Å². The molecule has 3 aliphatic rings. The molecule has 244 valence electrons. The van der Waals surface area contributed by atoms with Crippen LogP contribution in [-0.2, 0) is 19.0 Å². The molecule has 11 nitrogen and oxygen atoms in total. The van der Waals surface area contributed by atoms with Crippen molar-refractivity contribution in [2.24, 2.45) is 0 Å². The molecule has 13 heteroatoms. The van der Waals surface area contributed by atoms with Gasteiger partial charge < -0.3 is 49.4 Å². The second-order valence-corrected chi connectivity index (χ2v) is 11.6. The number of fused-ring (bicyclic) bond motifs is 1. The van der Waals surface area contributed by atoms with Gasteiger partial charge >= 0.3 is 0 Å². The Morgan fingerprint density at radius 2 is 1.84 bits per heavy atom. The second-order valence-electron chi connectivity index (χ2n) is 11.2. The van der Waals surface area contributed by atoms with Crippen molar-refractivity contribution < 1.29 is 53.3 Å². The second kappa shape index (κ2) is 14.6. The van der Waals surface area contributed by atoms with E-state index in [4.69, 9.17) is 35.3 Å². The standard InChI is InChI=1S/C32H37ClFNO10/c1-3-18(9-10-41-20-6-4-5-19(33)13-20)29-22(36)14-24(45-29)44-23-8-7-17(12-21(23)34)11-16(2)32(40)35-25-26(37)28(39)31-30(27(25)38)42-15-43-31/h4-9,11-13,22,24-31,36-39H,3,10,14-15H2,1-2H3,(H,35,40)/t22-,24+,25+,26-,27+,28+,29+,30-,31+/m0/s1. The lowest BCUT2D eigenvalue weighted by Gasteiger charge is -2.41. The Hall–Kier alpha value is -3.07. The Balaban J connectivity index is 1.17. The Morgan fingerprint density at radius 3 is 2.56 bits per heavy atom. The number of benzene rings is 2. The van der Waals surface area contributed by atoms with Crippen LogP contribution >= 0.6 is 11.6 Å². The predicted molar refractivity (Wildman–Crippen MR) is 160 cm³/mol. The van der Waals surface area contributed by atoms with E-state index >= 15 is 4.39 Å². The van der Waals surface area contributed by atoms with Crippen LogP contribution in [0.15, 0.2) is 59.7 Å². The first-order valence-electron chi connectivity index (χ1n) is 14.7. The molecule has 1 saturated carbocycles. The normalized spacial score (nSPS) is 31.9. The number of ether oxygens (including phenoxy) is 5. The molecule has 0 radical (unpaired) electrons. The minimum atomic E-state index is -1.49. The summed E-state index contributed by atoms with van der Waals surface area (Å²) in [6.45, 7) is 3.52. The first-order chi connectivity index (χ1) is 21.5. The minimum Gasteiger partial charge on any atom is -0.489 e. The van der Waals surface area contributed by atoms with Gasteiger partial charge in [0.05, 0.1) is 12.1 Å². The molecular formula is C32H37ClFNO10. The van der Waals surface area contributed by atoms with Gasteiger partial charge in [-0.3, -0.25) is 4.79 Å². The van der Waals surface area contributed by atoms with Gasteiger partial charge in [0.2, 0.25) is 12.2 Å². The average Bonchev–Trinajstić information content (AvgIpc) is 3.65. The molecule has 0 spiro atoms. The van der Waals surface area contributed by atoms with Gasteiger partial charge in [0, 0.05) is 17.0 Å². The fourth-order valence-electron chi connectivity index (χ4n) is 5.68. The topological polar surface area (TPSA) is 156 Å². The third kappa shape index (κ3) is 7.67. The molecule has 3 fully saturated rings. The number of hydrogen-bond donors (Lipinski definition) is 5. The number of amides is 1. The third-order valence-corrected chi connectivity index (χ3v) is 8.34. The van der Waals surface area contributed by atoms with Crippen LogP contribution in [0, 0.1) is 5.82 Å². The summed E-state index contributed by atoms with van der Waals surface area (Å²) in [6, 6.07) is 9.94. The monoisotopic (exact) mass is 649 g/mol. The SMILES string of the molecule is CCC(=CCOc1cccc(Cl)c1)[C@H]1O[C@@H](Oc2ccc(C=C(C)C(=O)N[C@@H]3[C@H](O)[C@@H](O)[C@H]4OCO[C@H]4[C@@H]3O)cc2F)C[C@@H]1O. The van der Waals surface area contributed by atoms with E-state index in [9.17, 15) is 25.2 Å². The van der Waals surface area contributed by atoms with E-state index in [-0.39, 0.29) is 31.1 Å². The molecule has 5 N–H and O–H groups in total. The zero-order valence-corrected chi connectivity index (χ0v) is 25.5. The van der Waals surface area contributed by atoms with Crippen LogP contribution in [0.1, 0.15) is 32.3 Å². The van der Waals surface area contributed by atoms with Crippen LogP contribution < -0.4 is 14.8 Å². The van der Waals surface area contributed by atoms with Crippen LogP contribution in [0.5, 0.6) is 11.5 Å². The molecule has 2 saturated heterocycles. The lowest BCUT2D eigenvalue weighted by atomic mass is 9.83. The van der Waals surface area contributed by atoms with E-state index in [0.29, 0.717) is 22.8 Å². The fraction of sp³-hybridized carbons (Fsp3) is 0.469. The van der Waals surface area contributed by atoms with Gasteiger partial charge in [-0.05, 0) is 67.0 Å². The molecule has 2 aromatic carbocycles. The van der Waals surface area contributed by atoms with E-state index in [0.717, 1.165) is 5.57 Å². The first kappa shape index (κ1) is 33.3. The molecule has 45 heavy (non-hydrogen) atoms. The van der Waals surface area contributed by atoms with Crippen LogP contribution in [0.3, 0.4) is 0 Å². The third-order valence-electron chi connectivity index (χ3n) is 8.10. The molecule has 1 amide bonds. The summed E-state index contributed by atoms with van der Waals surface area (Å²) in [5.41, 5.74) is 1.33. The molecule has 2 heterocycles. The number of rotatable bonds is 10. The summed E-state index contributed by atoms with van der Waals surface area (Å²) in [6.07, 6.45) is -4.39. The highest BCUT2D eigenvalue weighted by molar-refractivity contribution is 6.30. The minimum absolute atomic E-state index is 0.0887. The Morgan fingerprint density at radius 1 is 1.09 bits per heavy atom. The lowest BCUT2D eigenvalue weighted by Crippen LogP contribution is -2.67. The molecular weight excluding hydrogens is 613 g/mol. The molecule has 2 aliphatic heterocycles. The van der Waals surface area contributed by atoms with E-state index in [1.54, 1.807) is 30.3 Å². The van der Waals surface area contributed by atoms with Gasteiger partial charge in [-0.15, -0.1) is 0 Å². The smallest absolute Gasteiger partial charge is 0.247 e. The Bertz CT molecular complexity index is 1420. The van der Waals surface area contributed by atoms with Gasteiger partial charge in [-0.2, -0.15) is 0 Å². The van der Waals surface area contributed by atoms with Crippen molar-refractivity contribution in [1.29, 1.82) is 0 Å². The lowest BCUT2D eigenvalue weighted by molar-refractivity contribution is -0.155. The number of hydrogen-bond acceptors (Lipinski definition) is 10. The van der Waals surface area contributed by atoms with Crippen molar-refractivity contribution in [3.63, 3.8) is 0 Å². The number of carbonyl (C=O) groups excluding carboxylic acids is 1. The van der Waals surface area contributed by atoms with Crippen LogP contribution in [0.2, 0.25) is 5.02 Å². The zero-order chi connectivity index (χ0) is 32.2. The number of aliphatic hydroxyl groups excluding tert-OH is 4. The van der Waals surface area contributed by atoms with Crippen LogP contribution in [-0.4, -0.2) is 94.8 Å². The van der Waals surface area contributed by atoms with E-state index < -0.39 is 66.8 Å². The summed E-state index contributed by atoms with van der Waals surface area (Å²) in [5.74, 6) is -0.817. The molecule has 0 aromatic heterocycles. The van der Waals surface area contributed by atoms with Crippen molar-refractivity contribution in [2.45, 2.75) is 81.7 Å². The maximum absolute atomic E-state index is 15.0. The fourth-order valence-corrected chi connectivity index (χ4v) is 5.87. The number of halogens is 2. The number of nitrogens with one attached hydrogen (secondary N) is 1. The predicted octanol–water partition coefficient (Wildman–Crippen LogP) is 2.48. The average molecular weight is 650 g/mol. The van der Waals surface area contributed by atoms with Gasteiger partial charge in [0.25, 0.3) is 0 Å². The van der Waals surface area contributed by atoms with Gasteiger partial charge in [0.15, 0.2) is 11.6 Å². The van der Waals surface area contributed by atoms with Gasteiger partial charge in [-0.1, -0.05) is 30.7 Å². The molecule has 0 bridgehead atoms. The summed E-state index contributed by atoms with van der Waals surface area (Å²) >= 11 is 6.00. The van der Waals surface area contributed by atoms with E-state index in [1.807, 2.05) is 13.0 Å². The quantitative estimate of drug-likeness (QED) is 0.191. The van der Waals surface area contributed by atoms with Crippen molar-refractivity contribution in [3.8, 4) is 11.5 Å². The van der Waals surface area contributed by atoms with E-state index in [2.05, 4.69) is 5.32 Å². The first-order valence-corrected chi connectivity index (χ1v) is 15.1. The Labute approximate surface area is 264 Å². The van der Waals surface area contributed by atoms with Crippen molar-refractivity contribution in [3.05, 3.63) is 76.1 Å². The number of carbonyl (C=O) groups is 1. The van der Waals surface area contributed by atoms with E-state index in [1.165, 1.54) is 25.1 Å². The summed E-state index contributed by atoms with van der Waals surface area (Å²) in [4.78, 5) is 12.8. The molecule has 1 aliphatic carbocycles. The van der Waals surface area contributed by atoms with Crippen LogP contribution in [0.25, 0.3) is 6.08 Å². The maximum atomic E-state index is 15.0. The molecule has 2 aromatic rings. The largest absolute Gasteiger partial charge is 0.489 e. The highest BCUT2D eigenvalue weighted by Crippen LogP contribution is 2.32. The summed E-state index contributed by atoms with van der Waals surface area (Å²) < 4.78 is 42.9. The highest BCUT2D eigenvalue weighted by atomic mass is 35.5. The maximum Gasteiger partial charge on any atom is 0.247 e. The summed E-state index contributed by atoms with van der Waals surface area (Å²) in [5, 5.41) is 45.1. The van der Waals surface area contributed by atoms with Crippen molar-refractivity contribution in [1.82, 2.24) is 5.32 Å². The van der Waals surface area contributed by atoms with Gasteiger partial charge in [-0.25, -0.2) is 4.39 Å². The van der Waals surface area contributed by atoms with Crippen molar-refractivity contribution >= 4 is 23.6 Å². The molecule has 5 rings (SSSR count). The molecule has 0 unspecified atom stereocenters. The zero-order valence-electron chi connectivity index (χ0n) is 24.7. The molecule has 9 atom stereocenters. The highest BCUT2D eigenvalue weighted by Gasteiger charge is 2.53. The Kier molecular flexibility index (Phi) is 10.8. The summed E-state index contributed by atoms with van der Waals surface area (Å²) in [7, 11) is 0. The van der Waals surface area contributed by atoms with Gasteiger partial charge in [0.1, 0.15) is 55.8 Å². The number of aliphatic hydroxyl groups is 4. The van der Waals surface area contributed by atoms with Crippen molar-refractivity contribution in [2.75, 3.05) is 13.4 Å².